The Kier molecular flexibility index (Phi) is 7310. The standard InChI is InChI=1S/Ca.6FH.Ti.2H/h;6*1H;;;. The van der Waals surface area contributed by atoms with Crippen LogP contribution in [0.3, 0.4) is 0 Å². The molecule has 0 aromatic carbocycles. The minimum atomic E-state index is 0. The first-order chi connectivity index (χ1) is 0. The summed E-state index contributed by atoms with van der Waals surface area (Å²) in [5.74, 6) is 0. The number of halogens is 6. The summed E-state index contributed by atoms with van der Waals surface area (Å²) in [6.45, 7) is 0. The topological polar surface area (TPSA) is 0 Å². The van der Waals surface area contributed by atoms with Crippen molar-refractivity contribution in [3.63, 3.8) is 0 Å². The molecule has 0 amide bonds. The maximum atomic E-state index is 0. The van der Waals surface area contributed by atoms with E-state index in [1.807, 2.05) is 0 Å². The van der Waals surface area contributed by atoms with Crippen LogP contribution >= 0.6 is 0 Å². The van der Waals surface area contributed by atoms with Crippen LogP contribution in [0.2, 0.25) is 0 Å². The van der Waals surface area contributed by atoms with Crippen molar-refractivity contribution in [3.8, 4) is 0 Å². The Hall–Kier alpha value is 1.55. The Bertz CT molecular complexity index is 8.49. The molecular weight excluding hydrogens is 202 g/mol. The molecule has 0 rings (SSSR count). The maximum Gasteiger partial charge on any atom is 0 e. The average molecular weight is 210 g/mol. The van der Waals surface area contributed by atoms with Gasteiger partial charge in [0.15, 0.2) is 0 Å². The largest absolute Gasteiger partial charge is 0 e. The van der Waals surface area contributed by atoms with Gasteiger partial charge in [-0.05, 0) is 0 Å². The van der Waals surface area contributed by atoms with Gasteiger partial charge < -0.3 is 0 Å². The van der Waals surface area contributed by atoms with Gasteiger partial charge in [0.05, 0.1) is 0 Å². The summed E-state index contributed by atoms with van der Waals surface area (Å²) in [6.07, 6.45) is 0. The van der Waals surface area contributed by atoms with Crippen LogP contribution in [-0.2, 0) is 21.7 Å². The van der Waals surface area contributed by atoms with E-state index in [4.69, 9.17) is 0 Å². The summed E-state index contributed by atoms with van der Waals surface area (Å²) in [6, 6.07) is 0. The first-order valence-corrected chi connectivity index (χ1v) is 0. The second-order valence-corrected chi connectivity index (χ2v) is 0. The molecule has 0 saturated carbocycles. The van der Waals surface area contributed by atoms with E-state index in [1.165, 1.54) is 0 Å². The van der Waals surface area contributed by atoms with E-state index >= 15 is 0 Å². The van der Waals surface area contributed by atoms with Crippen LogP contribution in [-0.4, -0.2) is 37.7 Å². The van der Waals surface area contributed by atoms with Crippen molar-refractivity contribution in [1.29, 1.82) is 0 Å². The second-order valence-electron chi connectivity index (χ2n) is 0. The maximum absolute atomic E-state index is 0. The van der Waals surface area contributed by atoms with Gasteiger partial charge in [0.1, 0.15) is 0 Å². The van der Waals surface area contributed by atoms with Crippen LogP contribution in [0.15, 0.2) is 0 Å². The molecule has 0 spiro atoms. The predicted octanol–water partition coefficient (Wildman–Crippen LogP) is -0.00370. The van der Waals surface area contributed by atoms with Crippen LogP contribution in [0, 0.1) is 0 Å². The Morgan fingerprint density at radius 2 is 0.375 bits per heavy atom. The van der Waals surface area contributed by atoms with E-state index in [1.54, 1.807) is 0 Å². The monoisotopic (exact) mass is 210 g/mol. The molecule has 0 N–H and O–H groups in total. The Morgan fingerprint density at radius 1 is 0.375 bits per heavy atom. The van der Waals surface area contributed by atoms with E-state index in [0.29, 0.717) is 0 Å². The van der Waals surface area contributed by atoms with Gasteiger partial charge in [-0.1, -0.05) is 0 Å². The minimum absolute atomic E-state index is 0. The summed E-state index contributed by atoms with van der Waals surface area (Å²) >= 11 is 0. The molecule has 0 aliphatic rings. The second kappa shape index (κ2) is 202. The summed E-state index contributed by atoms with van der Waals surface area (Å²) < 4.78 is 0. The number of hydrogen-bond acceptors (Lipinski definition) is 0. The van der Waals surface area contributed by atoms with Crippen molar-refractivity contribution in [2.75, 3.05) is 0 Å². The zero-order valence-corrected chi connectivity index (χ0v) is 4.51. The Labute approximate surface area is 86.9 Å². The van der Waals surface area contributed by atoms with Gasteiger partial charge in [-0.15, -0.1) is 0 Å². The minimum Gasteiger partial charge on any atom is 0 e. The van der Waals surface area contributed by atoms with Crippen molar-refractivity contribution in [3.05, 3.63) is 0 Å². The first-order valence-electron chi connectivity index (χ1n) is 0. The van der Waals surface area contributed by atoms with E-state index in [-0.39, 0.29) is 87.7 Å². The zero-order chi connectivity index (χ0) is 0. The molecule has 0 radical (unpaired) electrons. The molecule has 0 atom stereocenters. The molecule has 0 aliphatic carbocycles. The van der Waals surface area contributed by atoms with Gasteiger partial charge in [-0.3, -0.25) is 28.2 Å². The molecule has 0 unspecified atom stereocenters. The van der Waals surface area contributed by atoms with Gasteiger partial charge >= 0.3 is 37.7 Å². The van der Waals surface area contributed by atoms with E-state index < -0.39 is 0 Å². The summed E-state index contributed by atoms with van der Waals surface area (Å²) in [7, 11) is 0. The third-order valence-corrected chi connectivity index (χ3v) is 0. The van der Waals surface area contributed by atoms with Crippen molar-refractivity contribution in [2.45, 2.75) is 0 Å². The fourth-order valence-electron chi connectivity index (χ4n) is 0. The number of rotatable bonds is 0. The molecule has 0 aliphatic heterocycles. The molecule has 8 heteroatoms. The molecular formula is H8CaF6Ti. The van der Waals surface area contributed by atoms with Gasteiger partial charge in [-0.25, -0.2) is 0 Å². The molecule has 0 saturated heterocycles. The van der Waals surface area contributed by atoms with Gasteiger partial charge in [0.2, 0.25) is 0 Å². The average Bonchev–Trinajstić information content (AvgIpc) is 0. The van der Waals surface area contributed by atoms with Crippen LogP contribution in [0.1, 0.15) is 0 Å². The quantitative estimate of drug-likeness (QED) is 0.390. The normalized spacial score (nSPS) is 0. The smallest absolute Gasteiger partial charge is 0 e. The van der Waals surface area contributed by atoms with Gasteiger partial charge in [0.25, 0.3) is 0 Å². The van der Waals surface area contributed by atoms with Crippen LogP contribution in [0.4, 0.5) is 28.2 Å². The third-order valence-electron chi connectivity index (χ3n) is 0. The molecule has 0 heterocycles. The third kappa shape index (κ3) is 134. The molecule has 0 aromatic heterocycles. The van der Waals surface area contributed by atoms with E-state index in [0.717, 1.165) is 0 Å². The van der Waals surface area contributed by atoms with Crippen molar-refractivity contribution in [2.24, 2.45) is 0 Å². The Balaban J connectivity index is 0. The van der Waals surface area contributed by atoms with Crippen molar-refractivity contribution in [1.82, 2.24) is 0 Å². The SMILES string of the molecule is F.F.F.F.F.F.[CaH2].[Ti]. The van der Waals surface area contributed by atoms with Crippen molar-refractivity contribution >= 4 is 37.7 Å². The van der Waals surface area contributed by atoms with Gasteiger partial charge in [0, 0.05) is 21.7 Å². The van der Waals surface area contributed by atoms with Crippen LogP contribution < -0.4 is 0 Å². The van der Waals surface area contributed by atoms with Crippen molar-refractivity contribution < 1.29 is 49.9 Å². The molecule has 8 heavy (non-hydrogen) atoms. The fourth-order valence-corrected chi connectivity index (χ4v) is 0. The van der Waals surface area contributed by atoms with E-state index in [9.17, 15) is 0 Å². The summed E-state index contributed by atoms with van der Waals surface area (Å²) in [5, 5.41) is 0. The number of hydrogen-bond donors (Lipinski definition) is 0. The first kappa shape index (κ1) is 289. The van der Waals surface area contributed by atoms with Gasteiger partial charge in [-0.2, -0.15) is 0 Å². The molecule has 0 bridgehead atoms. The molecule has 0 aromatic rings. The molecule has 0 nitrogen and oxygen atoms in total. The van der Waals surface area contributed by atoms with Crippen LogP contribution in [0.25, 0.3) is 0 Å². The summed E-state index contributed by atoms with van der Waals surface area (Å²) in [5.41, 5.74) is 0. The fraction of sp³-hybridized carbons (Fsp3) is 0. The zero-order valence-electron chi connectivity index (χ0n) is 2.95. The molecule has 0 fully saturated rings. The van der Waals surface area contributed by atoms with E-state index in [2.05, 4.69) is 0 Å². The van der Waals surface area contributed by atoms with Crippen LogP contribution in [0.5, 0.6) is 0 Å². The summed E-state index contributed by atoms with van der Waals surface area (Å²) in [4.78, 5) is 0. The predicted molar refractivity (Wildman–Crippen MR) is 23.6 cm³/mol. The molecule has 56 valence electrons. The Morgan fingerprint density at radius 3 is 0.375 bits per heavy atom.